The number of para-hydroxylation sites is 3. The van der Waals surface area contributed by atoms with E-state index >= 15 is 0 Å². The molecule has 0 unspecified atom stereocenters. The molecule has 1 aromatic heterocycles. The van der Waals surface area contributed by atoms with Gasteiger partial charge in [0, 0.05) is 33.3 Å². The summed E-state index contributed by atoms with van der Waals surface area (Å²) < 4.78 is 2.45. The van der Waals surface area contributed by atoms with Crippen LogP contribution in [0.25, 0.3) is 93.5 Å². The monoisotopic (exact) mass is 814 g/mol. The van der Waals surface area contributed by atoms with Crippen molar-refractivity contribution in [3.8, 4) is 50.2 Å². The number of hydrogen-bond acceptors (Lipinski definition) is 1. The first kappa shape index (κ1) is 37.3. The lowest BCUT2D eigenvalue weighted by molar-refractivity contribution is 1.18. The number of aromatic nitrogens is 1. The molecule has 12 rings (SSSR count). The lowest BCUT2D eigenvalue weighted by Gasteiger charge is -2.29. The van der Waals surface area contributed by atoms with Crippen molar-refractivity contribution in [1.29, 1.82) is 0 Å². The summed E-state index contributed by atoms with van der Waals surface area (Å²) in [4.78, 5) is 2.43. The maximum Gasteiger partial charge on any atom is 0.0547 e. The number of fused-ring (bicyclic) bond motifs is 5. The van der Waals surface area contributed by atoms with Crippen molar-refractivity contribution >= 4 is 60.4 Å². The van der Waals surface area contributed by atoms with Crippen molar-refractivity contribution in [2.75, 3.05) is 4.90 Å². The average Bonchev–Trinajstić information content (AvgIpc) is 3.69. The van der Waals surface area contributed by atoms with Gasteiger partial charge in [-0.15, -0.1) is 0 Å². The van der Waals surface area contributed by atoms with E-state index in [2.05, 4.69) is 264 Å². The molecule has 0 bridgehead atoms. The van der Waals surface area contributed by atoms with Gasteiger partial charge < -0.3 is 9.47 Å². The minimum atomic E-state index is 1.07. The largest absolute Gasteiger partial charge is 0.310 e. The fourth-order valence-electron chi connectivity index (χ4n) is 9.71. The molecule has 1 heterocycles. The molecule has 0 aliphatic heterocycles. The molecule has 12 aromatic rings. The van der Waals surface area contributed by atoms with E-state index < -0.39 is 0 Å². The van der Waals surface area contributed by atoms with Gasteiger partial charge in [-0.2, -0.15) is 0 Å². The first-order valence-corrected chi connectivity index (χ1v) is 22.0. The van der Waals surface area contributed by atoms with E-state index in [1.165, 1.54) is 76.7 Å². The van der Waals surface area contributed by atoms with Crippen LogP contribution >= 0.6 is 0 Å². The maximum absolute atomic E-state index is 2.45. The molecule has 0 amide bonds. The van der Waals surface area contributed by atoms with Crippen LogP contribution in [0.1, 0.15) is 0 Å². The molecule has 0 spiro atoms. The van der Waals surface area contributed by atoms with Crippen molar-refractivity contribution in [3.05, 3.63) is 255 Å². The summed E-state index contributed by atoms with van der Waals surface area (Å²) in [5, 5.41) is 7.45. The standard InChI is InChI=1S/C62H42N2/c1-3-18-44(19-4-1)53-38-37-52(42-57(53)50-32-31-43-17-7-8-22-47(43)39-50)63(59-28-14-11-25-54(59)45-20-5-2-6-21-45)51-35-33-46(34-36-51)55-26-12-15-29-60(55)64-61-30-16-13-27-56(61)58-40-48-23-9-10-24-49(48)41-62(58)64/h1-42H. The molecule has 300 valence electrons. The Labute approximate surface area is 373 Å². The van der Waals surface area contributed by atoms with Gasteiger partial charge in [-0.1, -0.05) is 194 Å². The Bertz CT molecular complexity index is 3660. The summed E-state index contributed by atoms with van der Waals surface area (Å²) in [6.45, 7) is 0. The number of hydrogen-bond donors (Lipinski definition) is 0. The van der Waals surface area contributed by atoms with Crippen molar-refractivity contribution in [2.24, 2.45) is 0 Å². The molecular weight excluding hydrogens is 773 g/mol. The zero-order valence-corrected chi connectivity index (χ0v) is 35.1. The number of nitrogens with zero attached hydrogens (tertiary/aromatic N) is 2. The number of anilines is 3. The van der Waals surface area contributed by atoms with Gasteiger partial charge in [-0.25, -0.2) is 0 Å². The summed E-state index contributed by atoms with van der Waals surface area (Å²) >= 11 is 0. The lowest BCUT2D eigenvalue weighted by Crippen LogP contribution is -2.11. The molecule has 0 saturated carbocycles. The van der Waals surface area contributed by atoms with Crippen molar-refractivity contribution in [1.82, 2.24) is 4.57 Å². The lowest BCUT2D eigenvalue weighted by atomic mass is 9.92. The first-order chi connectivity index (χ1) is 31.7. The second-order valence-corrected chi connectivity index (χ2v) is 16.5. The minimum absolute atomic E-state index is 1.07. The van der Waals surface area contributed by atoms with E-state index in [9.17, 15) is 0 Å². The van der Waals surface area contributed by atoms with Gasteiger partial charge in [-0.3, -0.25) is 0 Å². The second kappa shape index (κ2) is 15.8. The topological polar surface area (TPSA) is 8.17 Å². The van der Waals surface area contributed by atoms with Gasteiger partial charge in [0.15, 0.2) is 0 Å². The molecule has 0 N–H and O–H groups in total. The molecule has 0 aliphatic carbocycles. The van der Waals surface area contributed by atoms with Gasteiger partial charge in [0.05, 0.1) is 22.4 Å². The molecular formula is C62H42N2. The summed E-state index contributed by atoms with van der Waals surface area (Å²) in [5.74, 6) is 0. The van der Waals surface area contributed by atoms with Gasteiger partial charge in [-0.05, 0) is 116 Å². The summed E-state index contributed by atoms with van der Waals surface area (Å²) in [6.07, 6.45) is 0. The Morgan fingerprint density at radius 2 is 0.812 bits per heavy atom. The quantitative estimate of drug-likeness (QED) is 0.148. The van der Waals surface area contributed by atoms with E-state index in [-0.39, 0.29) is 0 Å². The van der Waals surface area contributed by atoms with E-state index in [1.807, 2.05) is 0 Å². The van der Waals surface area contributed by atoms with Crippen LogP contribution in [0.15, 0.2) is 255 Å². The summed E-state index contributed by atoms with van der Waals surface area (Å²) in [6, 6.07) is 92.8. The van der Waals surface area contributed by atoms with Crippen LogP contribution in [0, 0.1) is 0 Å². The van der Waals surface area contributed by atoms with Gasteiger partial charge >= 0.3 is 0 Å². The molecule has 11 aromatic carbocycles. The molecule has 0 fully saturated rings. The molecule has 0 radical (unpaired) electrons. The van der Waals surface area contributed by atoms with Crippen LogP contribution in [0.2, 0.25) is 0 Å². The third kappa shape index (κ3) is 6.52. The second-order valence-electron chi connectivity index (χ2n) is 16.5. The normalized spacial score (nSPS) is 11.4. The van der Waals surface area contributed by atoms with Gasteiger partial charge in [0.1, 0.15) is 0 Å². The average molecular weight is 815 g/mol. The highest BCUT2D eigenvalue weighted by atomic mass is 15.1. The number of rotatable bonds is 8. The summed E-state index contributed by atoms with van der Waals surface area (Å²) in [5.41, 5.74) is 16.2. The Hall–Kier alpha value is -8.46. The Morgan fingerprint density at radius 3 is 1.58 bits per heavy atom. The van der Waals surface area contributed by atoms with E-state index in [0.29, 0.717) is 0 Å². The first-order valence-electron chi connectivity index (χ1n) is 22.0. The Kier molecular flexibility index (Phi) is 9.20. The zero-order chi connectivity index (χ0) is 42.4. The highest BCUT2D eigenvalue weighted by Gasteiger charge is 2.21. The molecule has 64 heavy (non-hydrogen) atoms. The van der Waals surface area contributed by atoms with Crippen molar-refractivity contribution in [3.63, 3.8) is 0 Å². The Morgan fingerprint density at radius 1 is 0.266 bits per heavy atom. The highest BCUT2D eigenvalue weighted by Crippen LogP contribution is 2.45. The van der Waals surface area contributed by atoms with Crippen molar-refractivity contribution in [2.45, 2.75) is 0 Å². The van der Waals surface area contributed by atoms with Crippen LogP contribution in [-0.4, -0.2) is 4.57 Å². The van der Waals surface area contributed by atoms with E-state index in [1.54, 1.807) is 0 Å². The highest BCUT2D eigenvalue weighted by molar-refractivity contribution is 6.14. The predicted molar refractivity (Wildman–Crippen MR) is 272 cm³/mol. The number of benzene rings is 11. The minimum Gasteiger partial charge on any atom is -0.310 e. The molecule has 2 heteroatoms. The van der Waals surface area contributed by atoms with Gasteiger partial charge in [0.2, 0.25) is 0 Å². The molecule has 2 nitrogen and oxygen atoms in total. The van der Waals surface area contributed by atoms with Gasteiger partial charge in [0.25, 0.3) is 0 Å². The molecule has 0 atom stereocenters. The van der Waals surface area contributed by atoms with Crippen molar-refractivity contribution < 1.29 is 0 Å². The third-order valence-corrected chi connectivity index (χ3v) is 12.8. The van der Waals surface area contributed by atoms with E-state index in [4.69, 9.17) is 0 Å². The summed E-state index contributed by atoms with van der Waals surface area (Å²) in [7, 11) is 0. The fraction of sp³-hybridized carbons (Fsp3) is 0. The van der Waals surface area contributed by atoms with Crippen LogP contribution < -0.4 is 4.90 Å². The Balaban J connectivity index is 1.04. The van der Waals surface area contributed by atoms with E-state index in [0.717, 1.165) is 33.9 Å². The zero-order valence-electron chi connectivity index (χ0n) is 35.1. The predicted octanol–water partition coefficient (Wildman–Crippen LogP) is 17.2. The van der Waals surface area contributed by atoms with Crippen LogP contribution in [0.3, 0.4) is 0 Å². The maximum atomic E-state index is 2.45. The third-order valence-electron chi connectivity index (χ3n) is 12.8. The van der Waals surface area contributed by atoms with Crippen LogP contribution in [0.4, 0.5) is 17.1 Å². The smallest absolute Gasteiger partial charge is 0.0547 e. The molecule has 0 aliphatic rings. The van der Waals surface area contributed by atoms with Crippen LogP contribution in [-0.2, 0) is 0 Å². The van der Waals surface area contributed by atoms with Crippen LogP contribution in [0.5, 0.6) is 0 Å². The fourth-order valence-corrected chi connectivity index (χ4v) is 9.71. The SMILES string of the molecule is c1ccc(-c2ccc(N(c3ccc(-c4ccccc4-n4c5ccccc5c5cc6ccccc6cc54)cc3)c3ccccc3-c3ccccc3)cc2-c2ccc3ccccc3c2)cc1. The molecule has 0 saturated heterocycles.